The van der Waals surface area contributed by atoms with E-state index in [0.29, 0.717) is 6.04 Å². The minimum atomic E-state index is 0.593. The highest BCUT2D eigenvalue weighted by Crippen LogP contribution is 2.19. The summed E-state index contributed by atoms with van der Waals surface area (Å²) in [6.07, 6.45) is 3.82. The van der Waals surface area contributed by atoms with Crippen molar-refractivity contribution in [2.45, 2.75) is 19.5 Å². The summed E-state index contributed by atoms with van der Waals surface area (Å²) < 4.78 is 0. The fourth-order valence-corrected chi connectivity index (χ4v) is 2.72. The van der Waals surface area contributed by atoms with Crippen molar-refractivity contribution < 1.29 is 0 Å². The van der Waals surface area contributed by atoms with Crippen molar-refractivity contribution in [3.63, 3.8) is 0 Å². The third kappa shape index (κ3) is 2.37. The van der Waals surface area contributed by atoms with Gasteiger partial charge in [-0.25, -0.2) is 0 Å². The fraction of sp³-hybridized carbons (Fsp3) is 0.400. The topological polar surface area (TPSA) is 28.2 Å². The summed E-state index contributed by atoms with van der Waals surface area (Å²) in [5.74, 6) is 0. The molecule has 0 spiro atoms. The van der Waals surface area contributed by atoms with Crippen LogP contribution in [0.3, 0.4) is 0 Å². The summed E-state index contributed by atoms with van der Waals surface area (Å²) in [4.78, 5) is 6.71. The number of hydrogen-bond acceptors (Lipinski definition) is 3. The summed E-state index contributed by atoms with van der Waals surface area (Å²) in [6.45, 7) is 6.63. The Morgan fingerprint density at radius 3 is 3.22 bits per heavy atom. The summed E-state index contributed by atoms with van der Waals surface area (Å²) >= 11 is 0. The first-order chi connectivity index (χ1) is 8.83. The Balaban J connectivity index is 1.86. The molecule has 94 valence electrons. The Labute approximate surface area is 108 Å². The number of pyridine rings is 1. The molecule has 1 aliphatic rings. The first-order valence-electron chi connectivity index (χ1n) is 6.60. The lowest BCUT2D eigenvalue weighted by molar-refractivity contribution is 0.200. The number of benzene rings is 1. The maximum atomic E-state index is 4.19. The van der Waals surface area contributed by atoms with E-state index in [-0.39, 0.29) is 0 Å². The summed E-state index contributed by atoms with van der Waals surface area (Å²) in [5.41, 5.74) is 1.41. The Morgan fingerprint density at radius 1 is 1.39 bits per heavy atom. The van der Waals surface area contributed by atoms with Crippen LogP contribution in [-0.2, 0) is 6.54 Å². The van der Waals surface area contributed by atoms with Gasteiger partial charge in [0.1, 0.15) is 0 Å². The Kier molecular flexibility index (Phi) is 3.26. The predicted octanol–water partition coefficient (Wildman–Crippen LogP) is 2.03. The third-order valence-corrected chi connectivity index (χ3v) is 3.62. The Hall–Kier alpha value is -1.45. The van der Waals surface area contributed by atoms with E-state index in [4.69, 9.17) is 0 Å². The van der Waals surface area contributed by atoms with Crippen LogP contribution in [0.4, 0.5) is 0 Å². The molecule has 0 unspecified atom stereocenters. The van der Waals surface area contributed by atoms with Crippen molar-refractivity contribution in [3.8, 4) is 0 Å². The molecule has 1 N–H and O–H groups in total. The highest BCUT2D eigenvalue weighted by Gasteiger charge is 2.16. The molecule has 0 amide bonds. The lowest BCUT2D eigenvalue weighted by Gasteiger charge is -2.32. The van der Waals surface area contributed by atoms with Crippen LogP contribution in [0, 0.1) is 0 Å². The van der Waals surface area contributed by atoms with Gasteiger partial charge in [0.25, 0.3) is 0 Å². The maximum absolute atomic E-state index is 4.19. The monoisotopic (exact) mass is 241 g/mol. The van der Waals surface area contributed by atoms with Gasteiger partial charge < -0.3 is 5.32 Å². The Bertz CT molecular complexity index is 533. The van der Waals surface area contributed by atoms with Crippen LogP contribution < -0.4 is 5.32 Å². The smallest absolute Gasteiger partial charge is 0.0346 e. The number of nitrogens with zero attached hydrogens (tertiary/aromatic N) is 2. The zero-order chi connectivity index (χ0) is 12.4. The molecule has 18 heavy (non-hydrogen) atoms. The van der Waals surface area contributed by atoms with Crippen LogP contribution in [0.25, 0.3) is 10.8 Å². The van der Waals surface area contributed by atoms with Crippen LogP contribution in [0.15, 0.2) is 36.7 Å². The van der Waals surface area contributed by atoms with Gasteiger partial charge in [-0.3, -0.25) is 9.88 Å². The number of fused-ring (bicyclic) bond motifs is 1. The number of nitrogens with one attached hydrogen (secondary N) is 1. The molecule has 1 aromatic heterocycles. The van der Waals surface area contributed by atoms with E-state index < -0.39 is 0 Å². The van der Waals surface area contributed by atoms with Gasteiger partial charge in [0.2, 0.25) is 0 Å². The van der Waals surface area contributed by atoms with Gasteiger partial charge in [-0.2, -0.15) is 0 Å². The van der Waals surface area contributed by atoms with Gasteiger partial charge >= 0.3 is 0 Å². The normalized spacial score (nSPS) is 21.3. The summed E-state index contributed by atoms with van der Waals surface area (Å²) in [6, 6.07) is 9.21. The molecule has 0 saturated carbocycles. The predicted molar refractivity (Wildman–Crippen MR) is 74.5 cm³/mol. The molecule has 2 aromatic rings. The first kappa shape index (κ1) is 11.6. The zero-order valence-corrected chi connectivity index (χ0v) is 10.8. The Morgan fingerprint density at radius 2 is 2.33 bits per heavy atom. The van der Waals surface area contributed by atoms with E-state index in [2.05, 4.69) is 46.4 Å². The average molecular weight is 241 g/mol. The zero-order valence-electron chi connectivity index (χ0n) is 10.8. The van der Waals surface area contributed by atoms with Gasteiger partial charge in [-0.1, -0.05) is 18.2 Å². The molecule has 3 nitrogen and oxygen atoms in total. The van der Waals surface area contributed by atoms with E-state index in [1.54, 1.807) is 0 Å². The molecule has 0 radical (unpaired) electrons. The van der Waals surface area contributed by atoms with E-state index in [0.717, 1.165) is 26.2 Å². The number of piperazine rings is 1. The molecule has 3 rings (SSSR count). The second-order valence-electron chi connectivity index (χ2n) is 5.10. The molecular formula is C15H19N3. The van der Waals surface area contributed by atoms with Gasteiger partial charge in [0.15, 0.2) is 0 Å². The summed E-state index contributed by atoms with van der Waals surface area (Å²) in [5, 5.41) is 6.05. The summed E-state index contributed by atoms with van der Waals surface area (Å²) in [7, 11) is 0. The van der Waals surface area contributed by atoms with Crippen molar-refractivity contribution in [2.75, 3.05) is 19.6 Å². The van der Waals surface area contributed by atoms with E-state index >= 15 is 0 Å². The molecule has 1 saturated heterocycles. The highest BCUT2D eigenvalue weighted by atomic mass is 15.2. The second-order valence-corrected chi connectivity index (χ2v) is 5.10. The van der Waals surface area contributed by atoms with Crippen molar-refractivity contribution >= 4 is 10.8 Å². The highest BCUT2D eigenvalue weighted by molar-refractivity contribution is 5.84. The third-order valence-electron chi connectivity index (χ3n) is 3.62. The SMILES string of the molecule is C[C@@H]1CN(Cc2cccc3cnccc23)CCN1. The molecular weight excluding hydrogens is 222 g/mol. The lowest BCUT2D eigenvalue weighted by atomic mass is 10.1. The molecule has 1 fully saturated rings. The molecule has 3 heteroatoms. The first-order valence-corrected chi connectivity index (χ1v) is 6.60. The van der Waals surface area contributed by atoms with E-state index in [1.807, 2.05) is 12.4 Å². The van der Waals surface area contributed by atoms with Gasteiger partial charge in [0.05, 0.1) is 0 Å². The van der Waals surface area contributed by atoms with Gasteiger partial charge in [-0.15, -0.1) is 0 Å². The van der Waals surface area contributed by atoms with Crippen LogP contribution in [0.2, 0.25) is 0 Å². The van der Waals surface area contributed by atoms with Crippen LogP contribution in [-0.4, -0.2) is 35.6 Å². The van der Waals surface area contributed by atoms with Crippen molar-refractivity contribution in [1.82, 2.24) is 15.2 Å². The number of aromatic nitrogens is 1. The minimum absolute atomic E-state index is 0.593. The largest absolute Gasteiger partial charge is 0.312 e. The maximum Gasteiger partial charge on any atom is 0.0346 e. The van der Waals surface area contributed by atoms with E-state index in [1.165, 1.54) is 16.3 Å². The standard InChI is InChI=1S/C15H19N3/c1-12-10-18(8-7-17-12)11-14-4-2-3-13-9-16-6-5-15(13)14/h2-6,9,12,17H,7-8,10-11H2,1H3/t12-/m1/s1. The van der Waals surface area contributed by atoms with Crippen LogP contribution in [0.5, 0.6) is 0 Å². The lowest BCUT2D eigenvalue weighted by Crippen LogP contribution is -2.48. The van der Waals surface area contributed by atoms with Gasteiger partial charge in [0, 0.05) is 50.0 Å². The average Bonchev–Trinajstić information content (AvgIpc) is 2.39. The molecule has 2 heterocycles. The molecule has 1 aromatic carbocycles. The quantitative estimate of drug-likeness (QED) is 0.872. The second kappa shape index (κ2) is 5.04. The van der Waals surface area contributed by atoms with Crippen molar-refractivity contribution in [1.29, 1.82) is 0 Å². The van der Waals surface area contributed by atoms with Crippen molar-refractivity contribution in [2.24, 2.45) is 0 Å². The van der Waals surface area contributed by atoms with Crippen molar-refractivity contribution in [3.05, 3.63) is 42.2 Å². The van der Waals surface area contributed by atoms with E-state index in [9.17, 15) is 0 Å². The number of hydrogen-bond donors (Lipinski definition) is 1. The van der Waals surface area contributed by atoms with Crippen LogP contribution >= 0.6 is 0 Å². The number of rotatable bonds is 2. The fourth-order valence-electron chi connectivity index (χ4n) is 2.72. The van der Waals surface area contributed by atoms with Gasteiger partial charge in [-0.05, 0) is 23.9 Å². The molecule has 0 bridgehead atoms. The molecule has 0 aliphatic carbocycles. The molecule has 1 aliphatic heterocycles. The molecule has 1 atom stereocenters. The van der Waals surface area contributed by atoms with Crippen LogP contribution in [0.1, 0.15) is 12.5 Å². The minimum Gasteiger partial charge on any atom is -0.312 e.